The minimum absolute atomic E-state index is 0.0382. The Bertz CT molecular complexity index is 458. The van der Waals surface area contributed by atoms with Crippen LogP contribution in [0.25, 0.3) is 0 Å². The van der Waals surface area contributed by atoms with Gasteiger partial charge in [-0.1, -0.05) is 6.58 Å². The third-order valence-electron chi connectivity index (χ3n) is 4.38. The summed E-state index contributed by atoms with van der Waals surface area (Å²) >= 11 is 0. The number of fused-ring (bicyclic) bond motifs is 1. The van der Waals surface area contributed by atoms with Gasteiger partial charge in [0.1, 0.15) is 6.79 Å². The Balaban J connectivity index is 1.89. The van der Waals surface area contributed by atoms with Crippen molar-refractivity contribution < 1.29 is 28.9 Å². The summed E-state index contributed by atoms with van der Waals surface area (Å²) in [5.41, 5.74) is 0.280. The zero-order valence-corrected chi connectivity index (χ0v) is 10.6. The molecule has 1 aliphatic heterocycles. The monoisotopic (exact) mass is 268 g/mol. The second-order valence-electron chi connectivity index (χ2n) is 5.47. The first-order valence-electron chi connectivity index (χ1n) is 6.33. The molecule has 2 bridgehead atoms. The Kier molecular flexibility index (Phi) is 2.69. The van der Waals surface area contributed by atoms with E-state index in [2.05, 4.69) is 6.58 Å². The molecule has 1 saturated heterocycles. The molecule has 1 heterocycles. The van der Waals surface area contributed by atoms with Crippen LogP contribution < -0.4 is 0 Å². The van der Waals surface area contributed by atoms with Gasteiger partial charge in [0.05, 0.1) is 5.92 Å². The van der Waals surface area contributed by atoms with E-state index < -0.39 is 24.7 Å². The Labute approximate surface area is 110 Å². The van der Waals surface area contributed by atoms with Gasteiger partial charge in [-0.3, -0.25) is 4.79 Å². The van der Waals surface area contributed by atoms with Gasteiger partial charge in [0.15, 0.2) is 6.10 Å². The van der Waals surface area contributed by atoms with Crippen LogP contribution in [0.5, 0.6) is 0 Å². The van der Waals surface area contributed by atoms with Gasteiger partial charge in [0.25, 0.3) is 5.79 Å². The molecule has 104 valence electrons. The van der Waals surface area contributed by atoms with E-state index >= 15 is 0 Å². The molecule has 5 unspecified atom stereocenters. The average molecular weight is 268 g/mol. The van der Waals surface area contributed by atoms with E-state index in [9.17, 15) is 9.59 Å². The van der Waals surface area contributed by atoms with E-state index in [1.165, 1.54) is 0 Å². The fourth-order valence-corrected chi connectivity index (χ4v) is 3.65. The maximum atomic E-state index is 11.8. The quantitative estimate of drug-likeness (QED) is 0.450. The van der Waals surface area contributed by atoms with Crippen LogP contribution in [0.4, 0.5) is 0 Å². The summed E-state index contributed by atoms with van der Waals surface area (Å²) in [7, 11) is 0. The molecule has 5 atom stereocenters. The van der Waals surface area contributed by atoms with Crippen molar-refractivity contribution in [2.45, 2.75) is 31.7 Å². The molecule has 3 fully saturated rings. The van der Waals surface area contributed by atoms with Crippen molar-refractivity contribution >= 4 is 11.9 Å². The first-order valence-corrected chi connectivity index (χ1v) is 6.33. The second-order valence-corrected chi connectivity index (χ2v) is 5.47. The molecule has 0 radical (unpaired) electrons. The summed E-state index contributed by atoms with van der Waals surface area (Å²) in [5, 5.41) is 9.05. The number of hydrogen-bond acceptors (Lipinski definition) is 6. The third kappa shape index (κ3) is 1.56. The van der Waals surface area contributed by atoms with E-state index in [1.54, 1.807) is 6.92 Å². The number of aliphatic hydroxyl groups is 1. The van der Waals surface area contributed by atoms with Gasteiger partial charge >= 0.3 is 11.9 Å². The number of aliphatic hydroxyl groups excluding tert-OH is 1. The summed E-state index contributed by atoms with van der Waals surface area (Å²) in [6, 6.07) is 0. The van der Waals surface area contributed by atoms with E-state index in [0.29, 0.717) is 12.8 Å². The lowest BCUT2D eigenvalue weighted by atomic mass is 9.85. The maximum absolute atomic E-state index is 11.8. The Morgan fingerprint density at radius 1 is 1.58 bits per heavy atom. The van der Waals surface area contributed by atoms with E-state index in [0.717, 1.165) is 0 Å². The Morgan fingerprint density at radius 3 is 2.95 bits per heavy atom. The summed E-state index contributed by atoms with van der Waals surface area (Å²) in [4.78, 5) is 23.5. The molecule has 2 aliphatic carbocycles. The normalized spacial score (nSPS) is 42.3. The van der Waals surface area contributed by atoms with E-state index in [-0.39, 0.29) is 29.3 Å². The lowest BCUT2D eigenvalue weighted by Gasteiger charge is -2.36. The zero-order valence-electron chi connectivity index (χ0n) is 10.6. The number of rotatable bonds is 4. The van der Waals surface area contributed by atoms with Gasteiger partial charge in [-0.2, -0.15) is 0 Å². The van der Waals surface area contributed by atoms with Crippen LogP contribution in [0.2, 0.25) is 0 Å². The first kappa shape index (κ1) is 12.6. The zero-order chi connectivity index (χ0) is 13.8. The van der Waals surface area contributed by atoms with Crippen LogP contribution in [0, 0.1) is 17.8 Å². The number of hydrogen-bond donors (Lipinski definition) is 1. The molecule has 19 heavy (non-hydrogen) atoms. The highest BCUT2D eigenvalue weighted by Gasteiger charge is 2.73. The largest absolute Gasteiger partial charge is 0.452 e. The third-order valence-corrected chi connectivity index (χ3v) is 4.38. The van der Waals surface area contributed by atoms with Crippen molar-refractivity contribution in [3.05, 3.63) is 12.2 Å². The maximum Gasteiger partial charge on any atom is 0.333 e. The molecular formula is C13H16O6. The van der Waals surface area contributed by atoms with Crippen LogP contribution in [-0.2, 0) is 23.8 Å². The highest BCUT2D eigenvalue weighted by Crippen LogP contribution is 2.61. The van der Waals surface area contributed by atoms with Crippen LogP contribution in [0.1, 0.15) is 19.8 Å². The predicted molar refractivity (Wildman–Crippen MR) is 61.4 cm³/mol. The van der Waals surface area contributed by atoms with Crippen molar-refractivity contribution in [1.82, 2.24) is 0 Å². The predicted octanol–water partition coefficient (Wildman–Crippen LogP) is 0.350. The van der Waals surface area contributed by atoms with Crippen molar-refractivity contribution in [2.75, 3.05) is 6.79 Å². The molecule has 6 heteroatoms. The number of esters is 2. The van der Waals surface area contributed by atoms with E-state index in [1.807, 2.05) is 0 Å². The highest BCUT2D eigenvalue weighted by atomic mass is 16.8. The Morgan fingerprint density at radius 2 is 2.32 bits per heavy atom. The van der Waals surface area contributed by atoms with Gasteiger partial charge in [-0.25, -0.2) is 4.79 Å². The molecule has 0 spiro atoms. The molecule has 2 saturated carbocycles. The molecule has 0 aromatic carbocycles. The fourth-order valence-electron chi connectivity index (χ4n) is 3.65. The minimum Gasteiger partial charge on any atom is -0.452 e. The molecule has 0 amide bonds. The van der Waals surface area contributed by atoms with Crippen molar-refractivity contribution in [3.63, 3.8) is 0 Å². The van der Waals surface area contributed by atoms with Crippen LogP contribution in [0.15, 0.2) is 12.2 Å². The van der Waals surface area contributed by atoms with Gasteiger partial charge in [0.2, 0.25) is 0 Å². The molecule has 0 aromatic rings. The number of carbonyl (C=O) groups excluding carboxylic acids is 2. The molecule has 1 N–H and O–H groups in total. The van der Waals surface area contributed by atoms with Gasteiger partial charge < -0.3 is 19.3 Å². The summed E-state index contributed by atoms with van der Waals surface area (Å²) in [6.07, 6.45) is 0.704. The van der Waals surface area contributed by atoms with Gasteiger partial charge in [-0.05, 0) is 19.8 Å². The number of ether oxygens (including phenoxy) is 3. The smallest absolute Gasteiger partial charge is 0.333 e. The van der Waals surface area contributed by atoms with E-state index in [4.69, 9.17) is 19.3 Å². The summed E-state index contributed by atoms with van der Waals surface area (Å²) in [5.74, 6) is -2.45. The highest BCUT2D eigenvalue weighted by molar-refractivity contribution is 5.87. The molecule has 6 nitrogen and oxygen atoms in total. The average Bonchev–Trinajstić information content (AvgIpc) is 2.93. The summed E-state index contributed by atoms with van der Waals surface area (Å²) < 4.78 is 16.0. The lowest BCUT2D eigenvalue weighted by Crippen LogP contribution is -2.51. The van der Waals surface area contributed by atoms with Crippen molar-refractivity contribution in [1.29, 1.82) is 0 Å². The van der Waals surface area contributed by atoms with Crippen LogP contribution >= 0.6 is 0 Å². The van der Waals surface area contributed by atoms with Crippen molar-refractivity contribution in [2.24, 2.45) is 17.8 Å². The van der Waals surface area contributed by atoms with Gasteiger partial charge in [0, 0.05) is 17.4 Å². The topological polar surface area (TPSA) is 82.1 Å². The summed E-state index contributed by atoms with van der Waals surface area (Å²) in [6.45, 7) is 4.51. The molecular weight excluding hydrogens is 252 g/mol. The minimum atomic E-state index is -1.30. The second kappa shape index (κ2) is 4.05. The first-order chi connectivity index (χ1) is 8.99. The standard InChI is InChI=1S/C13H16O6/c1-6(2)11(15)18-10-7-3-8-9(4-7)13(10,17-5-14)19-12(8)16/h7-10,14H,1,3-5H2,2H3. The Hall–Kier alpha value is -1.40. The fraction of sp³-hybridized carbons (Fsp3) is 0.692. The van der Waals surface area contributed by atoms with Crippen molar-refractivity contribution in [3.8, 4) is 0 Å². The number of carbonyl (C=O) groups is 2. The van der Waals surface area contributed by atoms with Crippen LogP contribution in [-0.4, -0.2) is 35.7 Å². The SMILES string of the molecule is C=C(C)C(=O)OC1C2CC3C(=O)OC1(OCO)C3C2. The van der Waals surface area contributed by atoms with Crippen LogP contribution in [0.3, 0.4) is 0 Å². The molecule has 3 rings (SSSR count). The molecule has 0 aromatic heterocycles. The molecule has 3 aliphatic rings. The lowest BCUT2D eigenvalue weighted by molar-refractivity contribution is -0.288. The van der Waals surface area contributed by atoms with Gasteiger partial charge in [-0.15, -0.1) is 0 Å².